The van der Waals surface area contributed by atoms with Crippen LogP contribution in [-0.2, 0) is 0 Å². The Balaban J connectivity index is 1.92. The molecule has 2 N–H and O–H groups in total. The van der Waals surface area contributed by atoms with Crippen LogP contribution < -0.4 is 10.1 Å². The van der Waals surface area contributed by atoms with E-state index in [1.165, 1.54) is 0 Å². The van der Waals surface area contributed by atoms with Crippen molar-refractivity contribution >= 4 is 5.91 Å². The van der Waals surface area contributed by atoms with Gasteiger partial charge in [0.15, 0.2) is 0 Å². The molecule has 0 spiro atoms. The smallest absolute Gasteiger partial charge is 0.251 e. The zero-order valence-corrected chi connectivity index (χ0v) is 13.5. The van der Waals surface area contributed by atoms with Gasteiger partial charge in [-0.1, -0.05) is 18.2 Å². The second kappa shape index (κ2) is 5.99. The molecule has 0 saturated heterocycles. The van der Waals surface area contributed by atoms with Gasteiger partial charge in [0.1, 0.15) is 17.5 Å². The molecule has 0 radical (unpaired) electrons. The average molecular weight is 322 g/mol. The highest BCUT2D eigenvalue weighted by Crippen LogP contribution is 2.40. The molecule has 2 aromatic carbocycles. The topological polar surface area (TPSA) is 82.3 Å². The van der Waals surface area contributed by atoms with Crippen molar-refractivity contribution in [1.82, 2.24) is 5.32 Å². The van der Waals surface area contributed by atoms with Gasteiger partial charge in [-0.3, -0.25) is 4.79 Å². The van der Waals surface area contributed by atoms with Gasteiger partial charge in [0.25, 0.3) is 5.91 Å². The average Bonchev–Trinajstić information content (AvgIpc) is 2.58. The Morgan fingerprint density at radius 2 is 1.96 bits per heavy atom. The third kappa shape index (κ3) is 2.84. The van der Waals surface area contributed by atoms with Crippen LogP contribution in [0.1, 0.15) is 41.4 Å². The Labute approximate surface area is 140 Å². The van der Waals surface area contributed by atoms with E-state index in [4.69, 9.17) is 10.00 Å². The number of benzene rings is 2. The summed E-state index contributed by atoms with van der Waals surface area (Å²) in [7, 11) is 0. The lowest BCUT2D eigenvalue weighted by molar-refractivity contribution is -0.0253. The molecule has 2 atom stereocenters. The second-order valence-corrected chi connectivity index (χ2v) is 6.33. The zero-order valence-electron chi connectivity index (χ0n) is 13.5. The molecule has 0 fully saturated rings. The third-order valence-electron chi connectivity index (χ3n) is 4.22. The fourth-order valence-electron chi connectivity index (χ4n) is 2.92. The van der Waals surface area contributed by atoms with Crippen molar-refractivity contribution in [2.45, 2.75) is 31.6 Å². The van der Waals surface area contributed by atoms with Crippen molar-refractivity contribution in [3.63, 3.8) is 0 Å². The summed E-state index contributed by atoms with van der Waals surface area (Å²) in [6, 6.07) is 15.1. The summed E-state index contributed by atoms with van der Waals surface area (Å²) >= 11 is 0. The molecule has 0 saturated carbocycles. The van der Waals surface area contributed by atoms with Gasteiger partial charge >= 0.3 is 0 Å². The molecule has 5 nitrogen and oxygen atoms in total. The van der Waals surface area contributed by atoms with Crippen molar-refractivity contribution in [2.24, 2.45) is 0 Å². The summed E-state index contributed by atoms with van der Waals surface area (Å²) < 4.78 is 5.95. The number of carbonyl (C=O) groups excluding carboxylic acids is 1. The van der Waals surface area contributed by atoms with Crippen molar-refractivity contribution in [2.75, 3.05) is 0 Å². The third-order valence-corrected chi connectivity index (χ3v) is 4.22. The summed E-state index contributed by atoms with van der Waals surface area (Å²) in [5.41, 5.74) is 0.651. The number of hydrogen-bond donors (Lipinski definition) is 2. The van der Waals surface area contributed by atoms with Crippen molar-refractivity contribution in [3.05, 3.63) is 65.2 Å². The number of hydrogen-bond acceptors (Lipinski definition) is 4. The van der Waals surface area contributed by atoms with Crippen LogP contribution in [0, 0.1) is 11.3 Å². The number of nitriles is 1. The highest BCUT2D eigenvalue weighted by atomic mass is 16.5. The van der Waals surface area contributed by atoms with E-state index in [0.717, 1.165) is 0 Å². The van der Waals surface area contributed by atoms with Gasteiger partial charge in [-0.2, -0.15) is 5.26 Å². The number of nitrogens with zero attached hydrogens (tertiary/aromatic N) is 1. The lowest BCUT2D eigenvalue weighted by Gasteiger charge is -2.43. The molecule has 3 rings (SSSR count). The molecular weight excluding hydrogens is 304 g/mol. The van der Waals surface area contributed by atoms with Crippen LogP contribution in [0.5, 0.6) is 5.75 Å². The summed E-state index contributed by atoms with van der Waals surface area (Å²) in [6.07, 6.45) is -0.968. The maximum Gasteiger partial charge on any atom is 0.251 e. The maximum absolute atomic E-state index is 12.5. The lowest BCUT2D eigenvalue weighted by Crippen LogP contribution is -2.57. The summed E-state index contributed by atoms with van der Waals surface area (Å²) in [5.74, 6) is 0.243. The van der Waals surface area contributed by atoms with E-state index >= 15 is 0 Å². The molecule has 1 unspecified atom stereocenters. The number of fused-ring (bicyclic) bond motifs is 1. The van der Waals surface area contributed by atoms with E-state index in [1.807, 2.05) is 26.0 Å². The van der Waals surface area contributed by atoms with Crippen LogP contribution in [-0.4, -0.2) is 22.7 Å². The van der Waals surface area contributed by atoms with Gasteiger partial charge < -0.3 is 15.2 Å². The number of ether oxygens (including phenoxy) is 1. The minimum atomic E-state index is -0.968. The Kier molecular flexibility index (Phi) is 4.00. The van der Waals surface area contributed by atoms with Gasteiger partial charge in [-0.15, -0.1) is 0 Å². The highest BCUT2D eigenvalue weighted by molar-refractivity contribution is 5.94. The first-order chi connectivity index (χ1) is 11.4. The number of nitrogens with one attached hydrogen (secondary N) is 1. The monoisotopic (exact) mass is 322 g/mol. The molecule has 1 amide bonds. The molecule has 1 aliphatic heterocycles. The predicted molar refractivity (Wildman–Crippen MR) is 88.5 cm³/mol. The minimum absolute atomic E-state index is 0.281. The Morgan fingerprint density at radius 1 is 1.25 bits per heavy atom. The molecule has 0 aliphatic carbocycles. The molecule has 5 heteroatoms. The number of rotatable bonds is 2. The van der Waals surface area contributed by atoms with Crippen LogP contribution in [0.4, 0.5) is 0 Å². The summed E-state index contributed by atoms with van der Waals surface area (Å²) in [6.45, 7) is 3.63. The second-order valence-electron chi connectivity index (χ2n) is 6.33. The van der Waals surface area contributed by atoms with Crippen LogP contribution in [0.25, 0.3) is 0 Å². The number of aliphatic hydroxyl groups is 1. The Bertz CT molecular complexity index is 809. The molecule has 0 aromatic heterocycles. The van der Waals surface area contributed by atoms with Crippen molar-refractivity contribution in [1.29, 1.82) is 5.26 Å². The van der Waals surface area contributed by atoms with Crippen molar-refractivity contribution < 1.29 is 14.6 Å². The molecule has 1 aliphatic rings. The minimum Gasteiger partial charge on any atom is -0.485 e. The largest absolute Gasteiger partial charge is 0.485 e. The van der Waals surface area contributed by atoms with E-state index in [-0.39, 0.29) is 5.91 Å². The molecule has 1 heterocycles. The normalized spacial score (nSPS) is 21.1. The summed E-state index contributed by atoms with van der Waals surface area (Å²) in [5, 5.41) is 22.7. The van der Waals surface area contributed by atoms with E-state index in [0.29, 0.717) is 22.4 Å². The SMILES string of the molecule is CC1(C)Oc2ccc(C#N)cc2C(O)[C@@H]1NC(=O)c1ccccc1. The molecular formula is C19H18N2O3. The lowest BCUT2D eigenvalue weighted by atomic mass is 9.85. The highest BCUT2D eigenvalue weighted by Gasteiger charge is 2.44. The Morgan fingerprint density at radius 3 is 2.62 bits per heavy atom. The van der Waals surface area contributed by atoms with Crippen LogP contribution in [0.3, 0.4) is 0 Å². The quantitative estimate of drug-likeness (QED) is 0.890. The van der Waals surface area contributed by atoms with Crippen LogP contribution in [0.2, 0.25) is 0 Å². The van der Waals surface area contributed by atoms with Crippen LogP contribution in [0.15, 0.2) is 48.5 Å². The fraction of sp³-hybridized carbons (Fsp3) is 0.263. The first kappa shape index (κ1) is 16.0. The number of amides is 1. The van der Waals surface area contributed by atoms with Crippen molar-refractivity contribution in [3.8, 4) is 11.8 Å². The number of carbonyl (C=O) groups is 1. The Hall–Kier alpha value is -2.84. The first-order valence-electron chi connectivity index (χ1n) is 7.69. The first-order valence-corrected chi connectivity index (χ1v) is 7.69. The van der Waals surface area contributed by atoms with Gasteiger partial charge in [0.2, 0.25) is 0 Å². The maximum atomic E-state index is 12.5. The van der Waals surface area contributed by atoms with Gasteiger partial charge in [-0.25, -0.2) is 0 Å². The molecule has 24 heavy (non-hydrogen) atoms. The van der Waals surface area contributed by atoms with E-state index in [2.05, 4.69) is 5.32 Å². The van der Waals surface area contributed by atoms with Crippen LogP contribution >= 0.6 is 0 Å². The zero-order chi connectivity index (χ0) is 17.3. The van der Waals surface area contributed by atoms with Gasteiger partial charge in [0, 0.05) is 11.1 Å². The van der Waals surface area contributed by atoms with E-state index in [9.17, 15) is 9.90 Å². The predicted octanol–water partition coefficient (Wildman–Crippen LogP) is 2.56. The van der Waals surface area contributed by atoms with E-state index < -0.39 is 17.7 Å². The molecule has 122 valence electrons. The fourth-order valence-corrected chi connectivity index (χ4v) is 2.92. The number of aliphatic hydroxyl groups excluding tert-OH is 1. The summed E-state index contributed by atoms with van der Waals surface area (Å²) in [4.78, 5) is 12.5. The standard InChI is InChI=1S/C19H18N2O3/c1-19(2)17(21-18(23)13-6-4-3-5-7-13)16(22)14-10-12(11-20)8-9-15(14)24-19/h3-10,16-17,22H,1-2H3,(H,21,23)/t16?,17-/m0/s1. The van der Waals surface area contributed by atoms with Gasteiger partial charge in [0.05, 0.1) is 17.7 Å². The molecule has 2 aromatic rings. The molecule has 0 bridgehead atoms. The van der Waals surface area contributed by atoms with E-state index in [1.54, 1.807) is 42.5 Å². The van der Waals surface area contributed by atoms with Gasteiger partial charge in [-0.05, 0) is 44.2 Å².